The molecule has 0 aromatic heterocycles. The van der Waals surface area contributed by atoms with E-state index in [-0.39, 0.29) is 0 Å². The molecular formula is C9H20N2. The minimum atomic E-state index is 0.752. The number of piperidine rings is 1. The van der Waals surface area contributed by atoms with Crippen molar-refractivity contribution in [3.8, 4) is 0 Å². The predicted molar refractivity (Wildman–Crippen MR) is 48.5 cm³/mol. The van der Waals surface area contributed by atoms with Gasteiger partial charge in [-0.3, -0.25) is 4.90 Å². The van der Waals surface area contributed by atoms with Crippen molar-refractivity contribution in [1.82, 2.24) is 4.90 Å². The molecule has 0 aromatic carbocycles. The highest BCUT2D eigenvalue weighted by Crippen LogP contribution is 2.21. The van der Waals surface area contributed by atoms with Crippen LogP contribution in [0, 0.1) is 5.92 Å². The molecule has 2 nitrogen and oxygen atoms in total. The molecule has 11 heavy (non-hydrogen) atoms. The fourth-order valence-electron chi connectivity index (χ4n) is 1.95. The third-order valence-corrected chi connectivity index (χ3v) is 2.69. The van der Waals surface area contributed by atoms with Crippen LogP contribution < -0.4 is 5.73 Å². The highest BCUT2D eigenvalue weighted by Gasteiger charge is 2.21. The molecule has 0 saturated carbocycles. The quantitative estimate of drug-likeness (QED) is 0.648. The Morgan fingerprint density at radius 3 is 2.73 bits per heavy atom. The molecule has 1 saturated heterocycles. The first-order valence-electron chi connectivity index (χ1n) is 4.68. The minimum absolute atomic E-state index is 0.752. The first-order chi connectivity index (χ1) is 5.24. The largest absolute Gasteiger partial charge is 0.329 e. The van der Waals surface area contributed by atoms with Crippen molar-refractivity contribution < 1.29 is 0 Å². The molecule has 2 N–H and O–H groups in total. The van der Waals surface area contributed by atoms with Gasteiger partial charge in [0.1, 0.15) is 0 Å². The summed E-state index contributed by atoms with van der Waals surface area (Å²) in [5, 5.41) is 0. The van der Waals surface area contributed by atoms with E-state index in [2.05, 4.69) is 18.7 Å². The van der Waals surface area contributed by atoms with Gasteiger partial charge in [0.05, 0.1) is 0 Å². The Labute approximate surface area is 69.8 Å². The SMILES string of the molecule is C[C@@H]1CCN(CCN)[C@H](C)C1. The second-order valence-corrected chi connectivity index (χ2v) is 3.80. The first-order valence-corrected chi connectivity index (χ1v) is 4.68. The van der Waals surface area contributed by atoms with Crippen LogP contribution in [0.15, 0.2) is 0 Å². The van der Waals surface area contributed by atoms with Crippen molar-refractivity contribution in [2.24, 2.45) is 11.7 Å². The van der Waals surface area contributed by atoms with E-state index in [0.29, 0.717) is 0 Å². The van der Waals surface area contributed by atoms with Gasteiger partial charge in [0, 0.05) is 19.1 Å². The summed E-state index contributed by atoms with van der Waals surface area (Å²) >= 11 is 0. The molecule has 0 spiro atoms. The summed E-state index contributed by atoms with van der Waals surface area (Å²) in [5.74, 6) is 0.916. The molecule has 0 aromatic rings. The summed E-state index contributed by atoms with van der Waals surface area (Å²) in [4.78, 5) is 2.50. The van der Waals surface area contributed by atoms with Gasteiger partial charge in [0.2, 0.25) is 0 Å². The molecule has 0 unspecified atom stereocenters. The topological polar surface area (TPSA) is 29.3 Å². The van der Waals surface area contributed by atoms with E-state index in [9.17, 15) is 0 Å². The second-order valence-electron chi connectivity index (χ2n) is 3.80. The van der Waals surface area contributed by atoms with E-state index in [0.717, 1.165) is 25.0 Å². The summed E-state index contributed by atoms with van der Waals surface area (Å²) in [6.45, 7) is 7.79. The van der Waals surface area contributed by atoms with Crippen LogP contribution in [-0.4, -0.2) is 30.6 Å². The molecule has 2 atom stereocenters. The Morgan fingerprint density at radius 2 is 2.18 bits per heavy atom. The van der Waals surface area contributed by atoms with Crippen LogP contribution in [0.1, 0.15) is 26.7 Å². The van der Waals surface area contributed by atoms with Crippen LogP contribution in [0.5, 0.6) is 0 Å². The summed E-state index contributed by atoms with van der Waals surface area (Å²) < 4.78 is 0. The lowest BCUT2D eigenvalue weighted by atomic mass is 9.93. The van der Waals surface area contributed by atoms with Crippen LogP contribution in [0.25, 0.3) is 0 Å². The van der Waals surface area contributed by atoms with Crippen LogP contribution in [-0.2, 0) is 0 Å². The van der Waals surface area contributed by atoms with Crippen LogP contribution in [0.4, 0.5) is 0 Å². The Bertz CT molecular complexity index is 114. The average molecular weight is 156 g/mol. The second kappa shape index (κ2) is 4.07. The zero-order valence-electron chi connectivity index (χ0n) is 7.71. The number of nitrogens with two attached hydrogens (primary N) is 1. The Kier molecular flexibility index (Phi) is 3.34. The average Bonchev–Trinajstić information content (AvgIpc) is 1.95. The lowest BCUT2D eigenvalue weighted by Crippen LogP contribution is -2.42. The van der Waals surface area contributed by atoms with Crippen molar-refractivity contribution in [2.75, 3.05) is 19.6 Å². The molecule has 1 heterocycles. The fraction of sp³-hybridized carbons (Fsp3) is 1.00. The van der Waals surface area contributed by atoms with Crippen molar-refractivity contribution in [3.05, 3.63) is 0 Å². The van der Waals surface area contributed by atoms with Gasteiger partial charge in [-0.05, 0) is 32.2 Å². The van der Waals surface area contributed by atoms with E-state index in [4.69, 9.17) is 5.73 Å². The highest BCUT2D eigenvalue weighted by atomic mass is 15.2. The van der Waals surface area contributed by atoms with Gasteiger partial charge in [-0.1, -0.05) is 6.92 Å². The molecule has 66 valence electrons. The van der Waals surface area contributed by atoms with E-state index in [1.165, 1.54) is 19.4 Å². The van der Waals surface area contributed by atoms with E-state index >= 15 is 0 Å². The van der Waals surface area contributed by atoms with Crippen LogP contribution >= 0.6 is 0 Å². The zero-order chi connectivity index (χ0) is 8.27. The highest BCUT2D eigenvalue weighted by molar-refractivity contribution is 4.76. The summed E-state index contributed by atoms with van der Waals surface area (Å²) in [6, 6.07) is 0.752. The number of hydrogen-bond donors (Lipinski definition) is 1. The molecule has 0 aliphatic carbocycles. The van der Waals surface area contributed by atoms with Crippen molar-refractivity contribution in [3.63, 3.8) is 0 Å². The number of rotatable bonds is 2. The van der Waals surface area contributed by atoms with E-state index in [1.54, 1.807) is 0 Å². The lowest BCUT2D eigenvalue weighted by Gasteiger charge is -2.36. The van der Waals surface area contributed by atoms with Gasteiger partial charge in [0.15, 0.2) is 0 Å². The molecule has 1 rings (SSSR count). The fourth-order valence-corrected chi connectivity index (χ4v) is 1.95. The third-order valence-electron chi connectivity index (χ3n) is 2.69. The van der Waals surface area contributed by atoms with E-state index < -0.39 is 0 Å². The summed E-state index contributed by atoms with van der Waals surface area (Å²) in [6.07, 6.45) is 2.70. The van der Waals surface area contributed by atoms with Gasteiger partial charge in [0.25, 0.3) is 0 Å². The predicted octanol–water partition coefficient (Wildman–Crippen LogP) is 1.07. The van der Waals surface area contributed by atoms with Gasteiger partial charge in [-0.2, -0.15) is 0 Å². The monoisotopic (exact) mass is 156 g/mol. The molecule has 0 radical (unpaired) electrons. The number of hydrogen-bond acceptors (Lipinski definition) is 2. The molecule has 1 fully saturated rings. The van der Waals surface area contributed by atoms with Crippen LogP contribution in [0.2, 0.25) is 0 Å². The maximum atomic E-state index is 5.51. The maximum absolute atomic E-state index is 5.51. The van der Waals surface area contributed by atoms with Gasteiger partial charge < -0.3 is 5.73 Å². The zero-order valence-corrected chi connectivity index (χ0v) is 7.71. The van der Waals surface area contributed by atoms with Gasteiger partial charge in [-0.15, -0.1) is 0 Å². The van der Waals surface area contributed by atoms with Gasteiger partial charge in [-0.25, -0.2) is 0 Å². The van der Waals surface area contributed by atoms with E-state index in [1.807, 2.05) is 0 Å². The molecule has 0 amide bonds. The van der Waals surface area contributed by atoms with Crippen LogP contribution in [0.3, 0.4) is 0 Å². The third kappa shape index (κ3) is 2.46. The molecule has 0 bridgehead atoms. The molecule has 1 aliphatic heterocycles. The van der Waals surface area contributed by atoms with Crippen molar-refractivity contribution in [1.29, 1.82) is 0 Å². The van der Waals surface area contributed by atoms with Crippen molar-refractivity contribution >= 4 is 0 Å². The Balaban J connectivity index is 2.31. The maximum Gasteiger partial charge on any atom is 0.0107 e. The number of likely N-dealkylation sites (tertiary alicyclic amines) is 1. The Hall–Kier alpha value is -0.0800. The first kappa shape index (κ1) is 9.01. The standard InChI is InChI=1S/C9H20N2/c1-8-3-5-11(6-4-10)9(2)7-8/h8-9H,3-7,10H2,1-2H3/t8-,9-/m1/s1. The minimum Gasteiger partial charge on any atom is -0.329 e. The molecule has 1 aliphatic rings. The van der Waals surface area contributed by atoms with Crippen molar-refractivity contribution in [2.45, 2.75) is 32.7 Å². The smallest absolute Gasteiger partial charge is 0.0107 e. The molecule has 2 heteroatoms. The lowest BCUT2D eigenvalue weighted by molar-refractivity contribution is 0.133. The Morgan fingerprint density at radius 1 is 1.45 bits per heavy atom. The van der Waals surface area contributed by atoms with Gasteiger partial charge >= 0.3 is 0 Å². The summed E-state index contributed by atoms with van der Waals surface area (Å²) in [5.41, 5.74) is 5.51. The summed E-state index contributed by atoms with van der Waals surface area (Å²) in [7, 11) is 0. The normalized spacial score (nSPS) is 34.1. The molecular weight excluding hydrogens is 136 g/mol. The number of nitrogens with zero attached hydrogens (tertiary/aromatic N) is 1.